The zero-order valence-electron chi connectivity index (χ0n) is 12.6. The summed E-state index contributed by atoms with van der Waals surface area (Å²) >= 11 is 0. The van der Waals surface area contributed by atoms with Gasteiger partial charge in [-0.15, -0.1) is 0 Å². The Morgan fingerprint density at radius 1 is 1.06 bits per heavy atom. The smallest absolute Gasteiger partial charge is 1.00 e. The standard InChI is InChI=1S/C13H27NO2.Na.H/c1-2-3-4-5-6-7-8-9-10-11-12(14)13(15)16;;/h12H,2-11,14H2,1H3,(H,15,16);;/q;+1;-1. The third kappa shape index (κ3) is 14.4. The van der Waals surface area contributed by atoms with Crippen molar-refractivity contribution in [3.63, 3.8) is 0 Å². The molecule has 3 nitrogen and oxygen atoms in total. The molecule has 3 N–H and O–H groups in total. The zero-order chi connectivity index (χ0) is 12.2. The third-order valence-corrected chi connectivity index (χ3v) is 2.94. The summed E-state index contributed by atoms with van der Waals surface area (Å²) in [4.78, 5) is 10.4. The van der Waals surface area contributed by atoms with Crippen molar-refractivity contribution >= 4 is 5.97 Å². The first-order chi connectivity index (χ1) is 7.68. The molecule has 0 aliphatic rings. The van der Waals surface area contributed by atoms with E-state index in [0.717, 1.165) is 12.8 Å². The van der Waals surface area contributed by atoms with Gasteiger partial charge in [-0.1, -0.05) is 64.7 Å². The Balaban J connectivity index is -0.00000112. The molecule has 0 fully saturated rings. The zero-order valence-corrected chi connectivity index (χ0v) is 13.6. The molecule has 98 valence electrons. The molecule has 0 saturated carbocycles. The van der Waals surface area contributed by atoms with Crippen LogP contribution in [0.3, 0.4) is 0 Å². The molecule has 0 spiro atoms. The summed E-state index contributed by atoms with van der Waals surface area (Å²) in [7, 11) is 0. The van der Waals surface area contributed by atoms with Crippen molar-refractivity contribution in [1.29, 1.82) is 0 Å². The molecule has 4 heteroatoms. The van der Waals surface area contributed by atoms with Crippen LogP contribution in [0.1, 0.15) is 72.6 Å². The predicted octanol–water partition coefficient (Wildman–Crippen LogP) is 0.436. The molecule has 0 radical (unpaired) electrons. The van der Waals surface area contributed by atoms with Gasteiger partial charge >= 0.3 is 35.5 Å². The maximum Gasteiger partial charge on any atom is 1.00 e. The fourth-order valence-corrected chi connectivity index (χ4v) is 1.80. The van der Waals surface area contributed by atoms with Gasteiger partial charge in [-0.2, -0.15) is 0 Å². The number of carboxylic acids is 1. The summed E-state index contributed by atoms with van der Waals surface area (Å²) in [6.07, 6.45) is 11.9. The molecule has 1 atom stereocenters. The largest absolute Gasteiger partial charge is 1.00 e. The van der Waals surface area contributed by atoms with Crippen LogP contribution in [0.25, 0.3) is 0 Å². The van der Waals surface area contributed by atoms with E-state index in [0.29, 0.717) is 6.42 Å². The van der Waals surface area contributed by atoms with Crippen LogP contribution in [0.5, 0.6) is 0 Å². The van der Waals surface area contributed by atoms with E-state index in [1.807, 2.05) is 0 Å². The average molecular weight is 253 g/mol. The Bertz CT molecular complexity index is 182. The van der Waals surface area contributed by atoms with Gasteiger partial charge in [0.05, 0.1) is 0 Å². The van der Waals surface area contributed by atoms with Crippen molar-refractivity contribution in [2.45, 2.75) is 77.2 Å². The minimum absolute atomic E-state index is 0. The SMILES string of the molecule is CCCCCCCCCCCC(N)C(=O)O.[H-].[Na+]. The van der Waals surface area contributed by atoms with Crippen LogP contribution in [0.2, 0.25) is 0 Å². The summed E-state index contributed by atoms with van der Waals surface area (Å²) in [6.45, 7) is 2.23. The molecule has 0 aliphatic heterocycles. The van der Waals surface area contributed by atoms with Crippen molar-refractivity contribution in [2.75, 3.05) is 0 Å². The normalized spacial score (nSPS) is 11.9. The average Bonchev–Trinajstić information content (AvgIpc) is 2.26. The second-order valence-electron chi connectivity index (χ2n) is 4.56. The van der Waals surface area contributed by atoms with Gasteiger partial charge in [0.15, 0.2) is 0 Å². The number of carbonyl (C=O) groups is 1. The molecule has 1 unspecified atom stereocenters. The van der Waals surface area contributed by atoms with Crippen LogP contribution in [0.4, 0.5) is 0 Å². The number of rotatable bonds is 11. The van der Waals surface area contributed by atoms with Crippen LogP contribution in [0, 0.1) is 0 Å². The molecule has 17 heavy (non-hydrogen) atoms. The van der Waals surface area contributed by atoms with Gasteiger partial charge in [0.1, 0.15) is 6.04 Å². The summed E-state index contributed by atoms with van der Waals surface area (Å²) in [6, 6.07) is -0.662. The van der Waals surface area contributed by atoms with Crippen LogP contribution in [0.15, 0.2) is 0 Å². The number of hydrogen-bond acceptors (Lipinski definition) is 2. The third-order valence-electron chi connectivity index (χ3n) is 2.94. The molecule has 0 aromatic rings. The van der Waals surface area contributed by atoms with Gasteiger partial charge in [-0.25, -0.2) is 0 Å². The minimum Gasteiger partial charge on any atom is -1.00 e. The van der Waals surface area contributed by atoms with Gasteiger partial charge in [0.2, 0.25) is 0 Å². The number of nitrogens with two attached hydrogens (primary N) is 1. The maximum absolute atomic E-state index is 10.4. The van der Waals surface area contributed by atoms with Crippen LogP contribution >= 0.6 is 0 Å². The van der Waals surface area contributed by atoms with Gasteiger partial charge in [-0.3, -0.25) is 4.79 Å². The van der Waals surface area contributed by atoms with Crippen molar-refractivity contribution in [3.05, 3.63) is 0 Å². The topological polar surface area (TPSA) is 63.3 Å². The fraction of sp³-hybridized carbons (Fsp3) is 0.923. The van der Waals surface area contributed by atoms with E-state index in [1.165, 1.54) is 44.9 Å². The van der Waals surface area contributed by atoms with Crippen molar-refractivity contribution < 1.29 is 40.9 Å². The van der Waals surface area contributed by atoms with E-state index in [4.69, 9.17) is 10.8 Å². The van der Waals surface area contributed by atoms with E-state index in [1.54, 1.807) is 0 Å². The van der Waals surface area contributed by atoms with Gasteiger partial charge in [0, 0.05) is 0 Å². The molecule has 0 aromatic carbocycles. The molecule has 0 aromatic heterocycles. The Hall–Kier alpha value is 0.430. The van der Waals surface area contributed by atoms with E-state index in [9.17, 15) is 4.79 Å². The molecular weight excluding hydrogens is 225 g/mol. The summed E-state index contributed by atoms with van der Waals surface area (Å²) < 4.78 is 0. The molecule has 0 amide bonds. The molecule has 0 aliphatic carbocycles. The summed E-state index contributed by atoms with van der Waals surface area (Å²) in [5.41, 5.74) is 5.41. The molecule has 0 rings (SSSR count). The van der Waals surface area contributed by atoms with Crippen LogP contribution < -0.4 is 35.3 Å². The summed E-state index contributed by atoms with van der Waals surface area (Å²) in [5.74, 6) is -0.875. The Kier molecular flexibility index (Phi) is 16.8. The second kappa shape index (κ2) is 14.5. The first-order valence-corrected chi connectivity index (χ1v) is 6.67. The van der Waals surface area contributed by atoms with Gasteiger partial charge in [0.25, 0.3) is 0 Å². The van der Waals surface area contributed by atoms with Gasteiger partial charge in [-0.05, 0) is 6.42 Å². The monoisotopic (exact) mass is 253 g/mol. The number of aliphatic carboxylic acids is 1. The molecule has 0 bridgehead atoms. The Labute approximate surface area is 129 Å². The second-order valence-corrected chi connectivity index (χ2v) is 4.56. The van der Waals surface area contributed by atoms with Crippen LogP contribution in [-0.4, -0.2) is 17.1 Å². The maximum atomic E-state index is 10.4. The van der Waals surface area contributed by atoms with E-state index >= 15 is 0 Å². The van der Waals surface area contributed by atoms with Crippen LogP contribution in [-0.2, 0) is 4.79 Å². The minimum atomic E-state index is -0.875. The van der Waals surface area contributed by atoms with E-state index in [-0.39, 0.29) is 31.0 Å². The summed E-state index contributed by atoms with van der Waals surface area (Å²) in [5, 5.41) is 8.58. The number of hydrogen-bond donors (Lipinski definition) is 2. The van der Waals surface area contributed by atoms with E-state index in [2.05, 4.69) is 6.92 Å². The van der Waals surface area contributed by atoms with E-state index < -0.39 is 12.0 Å². The molecular formula is C13H28NNaO2. The molecule has 0 heterocycles. The van der Waals surface area contributed by atoms with Crippen molar-refractivity contribution in [1.82, 2.24) is 0 Å². The molecule has 0 saturated heterocycles. The van der Waals surface area contributed by atoms with Crippen molar-refractivity contribution in [2.24, 2.45) is 5.73 Å². The predicted molar refractivity (Wildman–Crippen MR) is 68.6 cm³/mol. The quantitative estimate of drug-likeness (QED) is 0.415. The van der Waals surface area contributed by atoms with Gasteiger partial charge < -0.3 is 12.3 Å². The Morgan fingerprint density at radius 3 is 1.88 bits per heavy atom. The fourth-order valence-electron chi connectivity index (χ4n) is 1.80. The first-order valence-electron chi connectivity index (χ1n) is 6.67. The first kappa shape index (κ1) is 19.8. The number of unbranched alkanes of at least 4 members (excludes halogenated alkanes) is 8. The number of carboxylic acid groups (broad SMARTS) is 1. The van der Waals surface area contributed by atoms with Crippen molar-refractivity contribution in [3.8, 4) is 0 Å². The Morgan fingerprint density at radius 2 is 1.47 bits per heavy atom.